The number of hydrogen-bond acceptors (Lipinski definition) is 9. The summed E-state index contributed by atoms with van der Waals surface area (Å²) >= 11 is 0. The van der Waals surface area contributed by atoms with Crippen molar-refractivity contribution in [2.45, 2.75) is 33.6 Å². The number of hydrogen-bond donors (Lipinski definition) is 1. The van der Waals surface area contributed by atoms with E-state index in [4.69, 9.17) is 15.4 Å². The van der Waals surface area contributed by atoms with Crippen LogP contribution in [0.3, 0.4) is 0 Å². The number of ketones is 1. The van der Waals surface area contributed by atoms with Crippen molar-refractivity contribution in [1.29, 1.82) is 10.5 Å². The van der Waals surface area contributed by atoms with Crippen molar-refractivity contribution in [3.05, 3.63) is 35.9 Å². The van der Waals surface area contributed by atoms with Crippen molar-refractivity contribution in [2.75, 3.05) is 0 Å². The number of benzene rings is 1. The molecule has 1 saturated carbocycles. The number of carbonyl (C=O) groups is 1. The van der Waals surface area contributed by atoms with Crippen molar-refractivity contribution >= 4 is 23.0 Å². The van der Waals surface area contributed by atoms with Gasteiger partial charge in [0.25, 0.3) is 0 Å². The molecule has 1 fully saturated rings. The van der Waals surface area contributed by atoms with Crippen molar-refractivity contribution in [3.63, 3.8) is 0 Å². The summed E-state index contributed by atoms with van der Waals surface area (Å²) in [6, 6.07) is 12.4. The van der Waals surface area contributed by atoms with Crippen LogP contribution in [0.2, 0.25) is 0 Å². The minimum atomic E-state index is -2.16. The molecule has 0 amide bonds. The first-order valence-corrected chi connectivity index (χ1v) is 8.88. The lowest BCUT2D eigenvalue weighted by Gasteiger charge is -2.27. The van der Waals surface area contributed by atoms with Crippen LogP contribution >= 0.6 is 0 Å². The molecule has 3 rings (SSSR count). The highest BCUT2D eigenvalue weighted by Gasteiger charge is 2.97. The van der Waals surface area contributed by atoms with Crippen molar-refractivity contribution in [1.82, 2.24) is 0 Å². The molecule has 29 heavy (non-hydrogen) atoms. The molecule has 3 atom stereocenters. The number of rotatable bonds is 6. The van der Waals surface area contributed by atoms with Gasteiger partial charge in [-0.15, -0.1) is 0 Å². The summed E-state index contributed by atoms with van der Waals surface area (Å²) in [6.07, 6.45) is 0. The van der Waals surface area contributed by atoms with Gasteiger partial charge in [0.2, 0.25) is 5.41 Å². The van der Waals surface area contributed by atoms with Crippen LogP contribution in [0, 0.1) is 39.4 Å². The molecule has 1 aliphatic heterocycles. The predicted octanol–water partition coefficient (Wildman–Crippen LogP) is 2.37. The van der Waals surface area contributed by atoms with Crippen LogP contribution < -0.4 is 5.73 Å². The van der Waals surface area contributed by atoms with E-state index in [1.54, 1.807) is 58.0 Å². The van der Waals surface area contributed by atoms with Crippen molar-refractivity contribution < 1.29 is 14.5 Å². The Kier molecular flexibility index (Phi) is 4.63. The van der Waals surface area contributed by atoms with Crippen molar-refractivity contribution in [2.24, 2.45) is 37.8 Å². The zero-order valence-electron chi connectivity index (χ0n) is 16.5. The molecule has 2 N–H and O–H groups in total. The fourth-order valence-electron chi connectivity index (χ4n) is 3.69. The summed E-state index contributed by atoms with van der Waals surface area (Å²) in [7, 11) is 0. The smallest absolute Gasteiger partial charge is 0.386 e. The number of amidine groups is 1. The molecule has 0 unspecified atom stereocenters. The molecule has 0 spiro atoms. The minimum Gasteiger partial charge on any atom is -0.386 e. The predicted molar refractivity (Wildman–Crippen MR) is 104 cm³/mol. The summed E-state index contributed by atoms with van der Waals surface area (Å²) in [5.41, 5.74) is 3.89. The average Bonchev–Trinajstić information content (AvgIpc) is 3.28. The van der Waals surface area contributed by atoms with Crippen LogP contribution in [0.1, 0.15) is 38.1 Å². The molecule has 0 bridgehead atoms. The third-order valence-corrected chi connectivity index (χ3v) is 4.95. The number of Topliss-reactive ketones (excluding diaryl/α,β-unsaturated/α-hetero) is 1. The van der Waals surface area contributed by atoms with Crippen LogP contribution in [-0.4, -0.2) is 29.0 Å². The molecule has 1 aromatic rings. The van der Waals surface area contributed by atoms with Gasteiger partial charge < -0.3 is 15.4 Å². The van der Waals surface area contributed by atoms with Crippen LogP contribution in [0.25, 0.3) is 0 Å². The second-order valence-electron chi connectivity index (χ2n) is 7.34. The Morgan fingerprint density at radius 1 is 1.07 bits per heavy atom. The lowest BCUT2D eigenvalue weighted by atomic mass is 9.94. The fraction of sp³-hybridized carbons (Fsp3) is 0.400. The van der Waals surface area contributed by atoms with Gasteiger partial charge in [0, 0.05) is 5.56 Å². The van der Waals surface area contributed by atoms with E-state index in [-0.39, 0.29) is 5.84 Å². The van der Waals surface area contributed by atoms with Crippen LogP contribution in [0.5, 0.6) is 0 Å². The van der Waals surface area contributed by atoms with E-state index in [0.29, 0.717) is 17.0 Å². The van der Waals surface area contributed by atoms with Gasteiger partial charge in [0.1, 0.15) is 5.84 Å². The molecule has 0 saturated heterocycles. The summed E-state index contributed by atoms with van der Waals surface area (Å²) in [4.78, 5) is 28.5. The van der Waals surface area contributed by atoms with Crippen LogP contribution in [-0.2, 0) is 9.68 Å². The number of nitrogens with zero attached hydrogens (tertiary/aromatic N) is 5. The lowest BCUT2D eigenvalue weighted by Crippen LogP contribution is -2.42. The zero-order valence-corrected chi connectivity index (χ0v) is 16.5. The highest BCUT2D eigenvalue weighted by Crippen LogP contribution is 2.78. The van der Waals surface area contributed by atoms with Gasteiger partial charge in [0.05, 0.1) is 29.5 Å². The molecule has 9 heteroatoms. The monoisotopic (exact) mass is 392 g/mol. The minimum absolute atomic E-state index is 0.219. The standard InChI is InChI=1S/C20H20N6O3/c1-12(2)25-28-20(29-26-13(3)4)19(11-22)16(18(19,10-21)17(23)24-20)15(27)14-8-6-5-7-9-14/h5-9,16H,1-4H3,(H2,23,24)/t16-,18-,19+/m0/s1. The molecule has 2 aliphatic rings. The Hall–Kier alpha value is -3.72. The number of aliphatic imine (C=N–C) groups is 1. The van der Waals surface area contributed by atoms with E-state index < -0.39 is 28.4 Å². The van der Waals surface area contributed by atoms with Gasteiger partial charge in [-0.05, 0) is 27.7 Å². The van der Waals surface area contributed by atoms with E-state index in [1.165, 1.54) is 0 Å². The van der Waals surface area contributed by atoms with E-state index in [0.717, 1.165) is 0 Å². The Balaban J connectivity index is 2.20. The molecule has 1 heterocycles. The molecule has 0 aromatic heterocycles. The van der Waals surface area contributed by atoms with Gasteiger partial charge in [-0.2, -0.15) is 15.5 Å². The molecular weight excluding hydrogens is 372 g/mol. The number of nitrogens with two attached hydrogens (primary N) is 1. The molecule has 1 aromatic carbocycles. The van der Waals surface area contributed by atoms with E-state index in [2.05, 4.69) is 15.3 Å². The Morgan fingerprint density at radius 2 is 1.62 bits per heavy atom. The lowest BCUT2D eigenvalue weighted by molar-refractivity contribution is -0.262. The summed E-state index contributed by atoms with van der Waals surface area (Å²) in [5.74, 6) is -3.96. The second kappa shape index (κ2) is 6.71. The third kappa shape index (κ3) is 2.51. The number of nitriles is 2. The molecular formula is C20H20N6O3. The summed E-state index contributed by atoms with van der Waals surface area (Å²) < 4.78 is 0. The number of oxime groups is 2. The van der Waals surface area contributed by atoms with Crippen LogP contribution in [0.15, 0.2) is 45.6 Å². The SMILES string of the molecule is CC(C)=NOC1(ON=C(C)C)N=C(N)[C@]2(C#N)[C@H](C(=O)c3ccccc3)[C@@]12C#N. The number of fused-ring (bicyclic) bond motifs is 1. The van der Waals surface area contributed by atoms with Gasteiger partial charge in [-0.3, -0.25) is 4.79 Å². The Morgan fingerprint density at radius 3 is 2.07 bits per heavy atom. The van der Waals surface area contributed by atoms with Gasteiger partial charge in [0.15, 0.2) is 11.2 Å². The molecule has 9 nitrogen and oxygen atoms in total. The van der Waals surface area contributed by atoms with Crippen molar-refractivity contribution in [3.8, 4) is 12.1 Å². The van der Waals surface area contributed by atoms with Gasteiger partial charge >= 0.3 is 5.91 Å². The molecule has 1 aliphatic carbocycles. The average molecular weight is 392 g/mol. The fourth-order valence-corrected chi connectivity index (χ4v) is 3.69. The Bertz CT molecular complexity index is 1000. The van der Waals surface area contributed by atoms with E-state index >= 15 is 0 Å². The highest BCUT2D eigenvalue weighted by molar-refractivity contribution is 6.12. The first-order valence-electron chi connectivity index (χ1n) is 8.88. The summed E-state index contributed by atoms with van der Waals surface area (Å²) in [6.45, 7) is 6.67. The normalized spacial score (nSPS) is 27.9. The van der Waals surface area contributed by atoms with Gasteiger partial charge in [-0.25, -0.2) is 0 Å². The highest BCUT2D eigenvalue weighted by atomic mass is 16.8. The van der Waals surface area contributed by atoms with E-state index in [1.807, 2.05) is 12.1 Å². The van der Waals surface area contributed by atoms with E-state index in [9.17, 15) is 15.3 Å². The maximum absolute atomic E-state index is 13.3. The zero-order chi connectivity index (χ0) is 21.4. The largest absolute Gasteiger partial charge is 0.421 e. The van der Waals surface area contributed by atoms with Gasteiger partial charge in [-0.1, -0.05) is 40.6 Å². The van der Waals surface area contributed by atoms with Crippen LogP contribution in [0.4, 0.5) is 0 Å². The summed E-state index contributed by atoms with van der Waals surface area (Å²) in [5, 5.41) is 27.9. The molecule has 0 radical (unpaired) electrons. The first-order chi connectivity index (χ1) is 13.7. The maximum atomic E-state index is 13.3. The molecule has 148 valence electrons. The third-order valence-electron chi connectivity index (χ3n) is 4.95. The maximum Gasteiger partial charge on any atom is 0.421 e. The topological polar surface area (TPSA) is 146 Å². The quantitative estimate of drug-likeness (QED) is 0.340. The second-order valence-corrected chi connectivity index (χ2v) is 7.34. The first kappa shape index (κ1) is 20.0. The number of carbonyl (C=O) groups excluding carboxylic acids is 1. The Labute approximate surface area is 168 Å².